The monoisotopic (exact) mass is 358 g/mol. The van der Waals surface area contributed by atoms with Crippen LogP contribution in [0.5, 0.6) is 0 Å². The van der Waals surface area contributed by atoms with Gasteiger partial charge in [-0.3, -0.25) is 9.30 Å². The quantitative estimate of drug-likeness (QED) is 0.552. The van der Waals surface area contributed by atoms with Gasteiger partial charge in [-0.05, 0) is 13.0 Å². The number of imidazole rings is 1. The summed E-state index contributed by atoms with van der Waals surface area (Å²) < 4.78 is 2.07. The number of nitrogens with zero attached hydrogens (tertiary/aromatic N) is 8. The maximum Gasteiger partial charge on any atom is 0.234 e. The lowest BCUT2D eigenvalue weighted by atomic mass is 10.1. The van der Waals surface area contributed by atoms with Crippen molar-refractivity contribution >= 4 is 5.78 Å². The van der Waals surface area contributed by atoms with Gasteiger partial charge in [0.1, 0.15) is 6.33 Å². The Morgan fingerprint density at radius 1 is 1.07 bits per heavy atom. The highest BCUT2D eigenvalue weighted by Crippen LogP contribution is 2.22. The Hall–Kier alpha value is -3.26. The summed E-state index contributed by atoms with van der Waals surface area (Å²) in [5.41, 5.74) is 5.33. The molecule has 0 amide bonds. The molecule has 0 bridgehead atoms. The van der Waals surface area contributed by atoms with Crippen LogP contribution in [0.2, 0.25) is 0 Å². The number of hydrogen-bond donors (Lipinski definition) is 0. The first-order chi connectivity index (χ1) is 13.3. The Kier molecular flexibility index (Phi) is 3.83. The van der Waals surface area contributed by atoms with E-state index in [9.17, 15) is 0 Å². The number of rotatable bonds is 3. The first-order valence-corrected chi connectivity index (χ1v) is 8.89. The predicted molar refractivity (Wildman–Crippen MR) is 98.6 cm³/mol. The van der Waals surface area contributed by atoms with E-state index in [0.29, 0.717) is 5.82 Å². The molecule has 5 rings (SSSR count). The van der Waals surface area contributed by atoms with Crippen molar-refractivity contribution < 1.29 is 0 Å². The van der Waals surface area contributed by atoms with Crippen LogP contribution in [0.4, 0.5) is 0 Å². The Bertz CT molecular complexity index is 1110. The Balaban J connectivity index is 1.39. The van der Waals surface area contributed by atoms with Crippen LogP contribution in [0.1, 0.15) is 22.6 Å². The lowest BCUT2D eigenvalue weighted by molar-refractivity contribution is 0.239. The van der Waals surface area contributed by atoms with Gasteiger partial charge in [-0.15, -0.1) is 0 Å². The van der Waals surface area contributed by atoms with Crippen LogP contribution in [0, 0.1) is 6.92 Å². The van der Waals surface area contributed by atoms with Gasteiger partial charge >= 0.3 is 0 Å². The molecule has 0 radical (unpaired) electrons. The lowest BCUT2D eigenvalue weighted by Crippen LogP contribution is -2.31. The van der Waals surface area contributed by atoms with Gasteiger partial charge in [0.15, 0.2) is 5.82 Å². The molecule has 0 N–H and O–H groups in total. The van der Waals surface area contributed by atoms with Gasteiger partial charge < -0.3 is 0 Å². The smallest absolute Gasteiger partial charge is 0.234 e. The molecule has 0 unspecified atom stereocenters. The second-order valence-electron chi connectivity index (χ2n) is 6.69. The van der Waals surface area contributed by atoms with E-state index in [1.54, 1.807) is 18.6 Å². The fraction of sp³-hybridized carbons (Fsp3) is 0.263. The standard InChI is InChI=1S/C19H18N8/c1-13-17(27-5-2-4-22-19(27)24-13)11-26-6-3-16-15(10-26)9-23-18(25-16)14-7-20-12-21-8-14/h2,4-5,7-9,12H,3,6,10-11H2,1H3. The van der Waals surface area contributed by atoms with Crippen molar-refractivity contribution in [3.63, 3.8) is 0 Å². The summed E-state index contributed by atoms with van der Waals surface area (Å²) >= 11 is 0. The third-order valence-corrected chi connectivity index (χ3v) is 4.91. The summed E-state index contributed by atoms with van der Waals surface area (Å²) in [6.45, 7) is 4.64. The normalized spacial score (nSPS) is 14.4. The molecule has 0 saturated heterocycles. The fourth-order valence-electron chi connectivity index (χ4n) is 3.51. The molecule has 0 aliphatic carbocycles. The molecule has 0 saturated carbocycles. The van der Waals surface area contributed by atoms with Crippen molar-refractivity contribution in [1.82, 2.24) is 39.2 Å². The van der Waals surface area contributed by atoms with Crippen LogP contribution in [-0.4, -0.2) is 45.7 Å². The van der Waals surface area contributed by atoms with Crippen LogP contribution in [-0.2, 0) is 19.5 Å². The maximum absolute atomic E-state index is 4.74. The number of aryl methyl sites for hydroxylation is 1. The van der Waals surface area contributed by atoms with E-state index >= 15 is 0 Å². The van der Waals surface area contributed by atoms with Crippen LogP contribution < -0.4 is 0 Å². The molecule has 0 aromatic carbocycles. The second kappa shape index (κ2) is 6.48. The molecule has 4 aromatic heterocycles. The summed E-state index contributed by atoms with van der Waals surface area (Å²) in [4.78, 5) is 28.6. The van der Waals surface area contributed by atoms with E-state index in [4.69, 9.17) is 4.98 Å². The van der Waals surface area contributed by atoms with E-state index in [2.05, 4.69) is 34.2 Å². The summed E-state index contributed by atoms with van der Waals surface area (Å²) in [5.74, 6) is 1.44. The molecule has 0 spiro atoms. The summed E-state index contributed by atoms with van der Waals surface area (Å²) in [5, 5.41) is 0. The van der Waals surface area contributed by atoms with Crippen LogP contribution >= 0.6 is 0 Å². The Morgan fingerprint density at radius 3 is 2.85 bits per heavy atom. The lowest BCUT2D eigenvalue weighted by Gasteiger charge is -2.28. The van der Waals surface area contributed by atoms with E-state index in [0.717, 1.165) is 48.8 Å². The highest BCUT2D eigenvalue weighted by Gasteiger charge is 2.21. The molecule has 0 fully saturated rings. The number of aromatic nitrogens is 7. The van der Waals surface area contributed by atoms with E-state index < -0.39 is 0 Å². The highest BCUT2D eigenvalue weighted by atomic mass is 15.2. The minimum Gasteiger partial charge on any atom is -0.293 e. The van der Waals surface area contributed by atoms with E-state index in [1.165, 1.54) is 17.6 Å². The summed E-state index contributed by atoms with van der Waals surface area (Å²) in [7, 11) is 0. The molecule has 4 aromatic rings. The predicted octanol–water partition coefficient (Wildman–Crippen LogP) is 1.84. The maximum atomic E-state index is 4.74. The molecular weight excluding hydrogens is 340 g/mol. The van der Waals surface area contributed by atoms with E-state index in [-0.39, 0.29) is 0 Å². The zero-order valence-corrected chi connectivity index (χ0v) is 14.9. The number of hydrogen-bond acceptors (Lipinski definition) is 7. The first-order valence-electron chi connectivity index (χ1n) is 8.89. The molecule has 8 heteroatoms. The van der Waals surface area contributed by atoms with Crippen molar-refractivity contribution in [3.05, 3.63) is 66.0 Å². The van der Waals surface area contributed by atoms with Crippen molar-refractivity contribution in [2.75, 3.05) is 6.54 Å². The molecule has 8 nitrogen and oxygen atoms in total. The van der Waals surface area contributed by atoms with Crippen molar-refractivity contribution in [2.24, 2.45) is 0 Å². The van der Waals surface area contributed by atoms with Gasteiger partial charge in [0, 0.05) is 62.6 Å². The van der Waals surface area contributed by atoms with Gasteiger partial charge in [0.25, 0.3) is 0 Å². The zero-order valence-electron chi connectivity index (χ0n) is 14.9. The average Bonchev–Trinajstić information content (AvgIpc) is 3.03. The Morgan fingerprint density at radius 2 is 1.96 bits per heavy atom. The third kappa shape index (κ3) is 2.93. The summed E-state index contributed by atoms with van der Waals surface area (Å²) in [6, 6.07) is 1.94. The largest absolute Gasteiger partial charge is 0.293 e. The van der Waals surface area contributed by atoms with Crippen LogP contribution in [0.15, 0.2) is 43.4 Å². The van der Waals surface area contributed by atoms with Crippen molar-refractivity contribution in [1.29, 1.82) is 0 Å². The third-order valence-electron chi connectivity index (χ3n) is 4.91. The average molecular weight is 358 g/mol. The Labute approximate surface area is 156 Å². The van der Waals surface area contributed by atoms with Gasteiger partial charge in [-0.1, -0.05) is 0 Å². The second-order valence-corrected chi connectivity index (χ2v) is 6.69. The molecule has 5 heterocycles. The van der Waals surface area contributed by atoms with E-state index in [1.807, 2.05) is 25.4 Å². The minimum absolute atomic E-state index is 0.687. The number of fused-ring (bicyclic) bond motifs is 2. The minimum atomic E-state index is 0.687. The molecule has 1 aliphatic rings. The van der Waals surface area contributed by atoms with Crippen LogP contribution in [0.3, 0.4) is 0 Å². The van der Waals surface area contributed by atoms with Crippen molar-refractivity contribution in [3.8, 4) is 11.4 Å². The van der Waals surface area contributed by atoms with Gasteiger partial charge in [-0.2, -0.15) is 0 Å². The highest BCUT2D eigenvalue weighted by molar-refractivity contribution is 5.52. The van der Waals surface area contributed by atoms with Crippen molar-refractivity contribution in [2.45, 2.75) is 26.4 Å². The van der Waals surface area contributed by atoms with Gasteiger partial charge in [-0.25, -0.2) is 29.9 Å². The molecule has 27 heavy (non-hydrogen) atoms. The summed E-state index contributed by atoms with van der Waals surface area (Å²) in [6.07, 6.45) is 11.6. The molecule has 134 valence electrons. The SMILES string of the molecule is Cc1nc2ncccn2c1CN1CCc2nc(-c3cncnc3)ncc2C1. The fourth-order valence-corrected chi connectivity index (χ4v) is 3.51. The van der Waals surface area contributed by atoms with Gasteiger partial charge in [0.05, 0.1) is 22.6 Å². The zero-order chi connectivity index (χ0) is 18.2. The molecule has 0 atom stereocenters. The van der Waals surface area contributed by atoms with Crippen LogP contribution in [0.25, 0.3) is 17.2 Å². The molecule has 1 aliphatic heterocycles. The molecular formula is C19H18N8. The van der Waals surface area contributed by atoms with Gasteiger partial charge in [0.2, 0.25) is 5.78 Å². The first kappa shape index (κ1) is 16.0. The topological polar surface area (TPSA) is 85.0 Å².